The van der Waals surface area contributed by atoms with Gasteiger partial charge in [-0.15, -0.1) is 0 Å². The summed E-state index contributed by atoms with van der Waals surface area (Å²) in [6, 6.07) is 13.6. The van der Waals surface area contributed by atoms with Crippen LogP contribution < -0.4 is 20.7 Å². The van der Waals surface area contributed by atoms with Gasteiger partial charge in [0.1, 0.15) is 12.4 Å². The van der Waals surface area contributed by atoms with E-state index < -0.39 is 0 Å². The van der Waals surface area contributed by atoms with Crippen LogP contribution in [0.4, 0.5) is 0 Å². The first-order chi connectivity index (χ1) is 14.5. The molecule has 0 spiro atoms. The van der Waals surface area contributed by atoms with Gasteiger partial charge in [-0.2, -0.15) is 0 Å². The summed E-state index contributed by atoms with van der Waals surface area (Å²) >= 11 is 0. The number of hydrogen-bond donors (Lipinski definition) is 3. The Morgan fingerprint density at radius 3 is 2.47 bits per heavy atom. The number of carbonyl (C=O) groups excluding carboxylic acids is 1. The highest BCUT2D eigenvalue weighted by Gasteiger charge is 2.07. The van der Waals surface area contributed by atoms with Crippen LogP contribution in [-0.4, -0.2) is 52.3 Å². The van der Waals surface area contributed by atoms with E-state index in [0.717, 1.165) is 22.4 Å². The standard InChI is InChI=1S/C23H32N4O3/c1-17-6-5-7-19(14-17)22(28)25-10-11-26-23(24-3)27-16-20-9-8-18(2)15-21(20)30-13-12-29-4/h5-9,14-15H,10-13,16H2,1-4H3,(H,25,28)(H2,24,26,27). The lowest BCUT2D eigenvalue weighted by Gasteiger charge is -2.15. The van der Waals surface area contributed by atoms with Crippen LogP contribution in [0.1, 0.15) is 27.0 Å². The van der Waals surface area contributed by atoms with Crippen LogP contribution in [0.15, 0.2) is 47.5 Å². The second-order valence-electron chi connectivity index (χ2n) is 6.93. The maximum absolute atomic E-state index is 12.2. The molecule has 7 heteroatoms. The van der Waals surface area contributed by atoms with E-state index in [-0.39, 0.29) is 5.91 Å². The third-order valence-corrected chi connectivity index (χ3v) is 4.42. The van der Waals surface area contributed by atoms with Crippen molar-refractivity contribution in [3.8, 4) is 5.75 Å². The van der Waals surface area contributed by atoms with Gasteiger partial charge in [-0.25, -0.2) is 0 Å². The first-order valence-electron chi connectivity index (χ1n) is 10.0. The van der Waals surface area contributed by atoms with Gasteiger partial charge in [0.2, 0.25) is 0 Å². The molecule has 2 rings (SSSR count). The molecule has 0 radical (unpaired) electrons. The Morgan fingerprint density at radius 1 is 0.967 bits per heavy atom. The molecular formula is C23H32N4O3. The van der Waals surface area contributed by atoms with Crippen LogP contribution in [0.3, 0.4) is 0 Å². The summed E-state index contributed by atoms with van der Waals surface area (Å²) < 4.78 is 10.9. The van der Waals surface area contributed by atoms with Crippen molar-refractivity contribution in [2.24, 2.45) is 4.99 Å². The molecule has 0 aliphatic carbocycles. The summed E-state index contributed by atoms with van der Waals surface area (Å²) in [6.07, 6.45) is 0. The van der Waals surface area contributed by atoms with Gasteiger partial charge in [-0.1, -0.05) is 29.8 Å². The maximum Gasteiger partial charge on any atom is 0.251 e. The minimum Gasteiger partial charge on any atom is -0.491 e. The first kappa shape index (κ1) is 23.2. The largest absolute Gasteiger partial charge is 0.491 e. The molecule has 0 bridgehead atoms. The van der Waals surface area contributed by atoms with Gasteiger partial charge in [-0.05, 0) is 37.6 Å². The number of guanidine groups is 1. The number of rotatable bonds is 10. The molecular weight excluding hydrogens is 380 g/mol. The molecule has 1 amide bonds. The van der Waals surface area contributed by atoms with Crippen LogP contribution >= 0.6 is 0 Å². The average Bonchev–Trinajstić information content (AvgIpc) is 2.74. The maximum atomic E-state index is 12.2. The van der Waals surface area contributed by atoms with Crippen molar-refractivity contribution in [1.29, 1.82) is 0 Å². The zero-order valence-electron chi connectivity index (χ0n) is 18.2. The summed E-state index contributed by atoms with van der Waals surface area (Å²) in [5.74, 6) is 1.41. The Bertz CT molecular complexity index is 852. The summed E-state index contributed by atoms with van der Waals surface area (Å²) in [5, 5.41) is 9.39. The second-order valence-corrected chi connectivity index (χ2v) is 6.93. The zero-order valence-corrected chi connectivity index (χ0v) is 18.2. The molecule has 0 heterocycles. The molecule has 0 saturated carbocycles. The Kier molecular flexibility index (Phi) is 9.67. The van der Waals surface area contributed by atoms with Crippen molar-refractivity contribution in [1.82, 2.24) is 16.0 Å². The highest BCUT2D eigenvalue weighted by molar-refractivity contribution is 5.94. The molecule has 162 valence electrons. The number of nitrogens with one attached hydrogen (secondary N) is 3. The molecule has 0 unspecified atom stereocenters. The Morgan fingerprint density at radius 2 is 1.73 bits per heavy atom. The highest BCUT2D eigenvalue weighted by Crippen LogP contribution is 2.20. The van der Waals surface area contributed by atoms with Crippen LogP contribution in [-0.2, 0) is 11.3 Å². The number of carbonyl (C=O) groups is 1. The van der Waals surface area contributed by atoms with E-state index in [9.17, 15) is 4.79 Å². The molecule has 30 heavy (non-hydrogen) atoms. The summed E-state index contributed by atoms with van der Waals surface area (Å²) in [6.45, 7) is 6.66. The minimum absolute atomic E-state index is 0.0825. The van der Waals surface area contributed by atoms with Crippen molar-refractivity contribution in [2.75, 3.05) is 40.5 Å². The molecule has 0 aliphatic heterocycles. The summed E-state index contributed by atoms with van der Waals surface area (Å²) in [7, 11) is 3.37. The Balaban J connectivity index is 1.79. The lowest BCUT2D eigenvalue weighted by atomic mass is 10.1. The molecule has 7 nitrogen and oxygen atoms in total. The van der Waals surface area contributed by atoms with Gasteiger partial charge in [0.15, 0.2) is 5.96 Å². The van der Waals surface area contributed by atoms with Crippen LogP contribution in [0.2, 0.25) is 0 Å². The van der Waals surface area contributed by atoms with E-state index in [1.807, 2.05) is 50.2 Å². The van der Waals surface area contributed by atoms with E-state index in [4.69, 9.17) is 9.47 Å². The molecule has 2 aromatic carbocycles. The minimum atomic E-state index is -0.0825. The van der Waals surface area contributed by atoms with Gasteiger partial charge in [0.05, 0.1) is 6.61 Å². The van der Waals surface area contributed by atoms with E-state index >= 15 is 0 Å². The molecule has 0 fully saturated rings. The molecule has 2 aromatic rings. The highest BCUT2D eigenvalue weighted by atomic mass is 16.5. The van der Waals surface area contributed by atoms with E-state index in [1.54, 1.807) is 14.2 Å². The summed E-state index contributed by atoms with van der Waals surface area (Å²) in [5.41, 5.74) is 3.90. The average molecular weight is 413 g/mol. The van der Waals surface area contributed by atoms with Gasteiger partial charge in [-0.3, -0.25) is 9.79 Å². The van der Waals surface area contributed by atoms with Crippen molar-refractivity contribution in [2.45, 2.75) is 20.4 Å². The molecule has 0 atom stereocenters. The number of benzene rings is 2. The molecule has 3 N–H and O–H groups in total. The number of amides is 1. The number of hydrogen-bond acceptors (Lipinski definition) is 4. The number of methoxy groups -OCH3 is 1. The topological polar surface area (TPSA) is 84.0 Å². The van der Waals surface area contributed by atoms with Crippen molar-refractivity contribution >= 4 is 11.9 Å². The lowest BCUT2D eigenvalue weighted by Crippen LogP contribution is -2.41. The summed E-state index contributed by atoms with van der Waals surface area (Å²) in [4.78, 5) is 16.4. The fourth-order valence-electron chi connectivity index (χ4n) is 2.82. The van der Waals surface area contributed by atoms with Crippen molar-refractivity contribution < 1.29 is 14.3 Å². The predicted octanol–water partition coefficient (Wildman–Crippen LogP) is 2.42. The molecule has 0 saturated heterocycles. The Hall–Kier alpha value is -3.06. The van der Waals surface area contributed by atoms with Gasteiger partial charge >= 0.3 is 0 Å². The van der Waals surface area contributed by atoms with Crippen molar-refractivity contribution in [3.05, 3.63) is 64.7 Å². The monoisotopic (exact) mass is 412 g/mol. The first-order valence-corrected chi connectivity index (χ1v) is 10.0. The van der Waals surface area contributed by atoms with Crippen LogP contribution in [0.25, 0.3) is 0 Å². The van der Waals surface area contributed by atoms with Gasteiger partial charge < -0.3 is 25.4 Å². The van der Waals surface area contributed by atoms with E-state index in [0.29, 0.717) is 44.4 Å². The number of ether oxygens (including phenoxy) is 2. The third-order valence-electron chi connectivity index (χ3n) is 4.42. The smallest absolute Gasteiger partial charge is 0.251 e. The van der Waals surface area contributed by atoms with Gasteiger partial charge in [0.25, 0.3) is 5.91 Å². The normalized spacial score (nSPS) is 11.1. The number of aliphatic imine (C=N–C) groups is 1. The van der Waals surface area contributed by atoms with Crippen LogP contribution in [0.5, 0.6) is 5.75 Å². The van der Waals surface area contributed by atoms with Gasteiger partial charge in [0, 0.05) is 44.9 Å². The third kappa shape index (κ3) is 7.75. The quantitative estimate of drug-likeness (QED) is 0.317. The van der Waals surface area contributed by atoms with E-state index in [2.05, 4.69) is 27.0 Å². The lowest BCUT2D eigenvalue weighted by molar-refractivity contribution is 0.0954. The predicted molar refractivity (Wildman–Crippen MR) is 120 cm³/mol. The fourth-order valence-corrected chi connectivity index (χ4v) is 2.82. The molecule has 0 aliphatic rings. The van der Waals surface area contributed by atoms with E-state index in [1.165, 1.54) is 0 Å². The van der Waals surface area contributed by atoms with Crippen LogP contribution in [0, 0.1) is 13.8 Å². The number of aryl methyl sites for hydroxylation is 2. The second kappa shape index (κ2) is 12.5. The fraction of sp³-hybridized carbons (Fsp3) is 0.391. The Labute approximate surface area is 178 Å². The molecule has 0 aromatic heterocycles. The SMILES string of the molecule is CN=C(NCCNC(=O)c1cccc(C)c1)NCc1ccc(C)cc1OCCOC. The zero-order chi connectivity index (χ0) is 21.8. The number of nitrogens with zero attached hydrogens (tertiary/aromatic N) is 1. The van der Waals surface area contributed by atoms with Crippen molar-refractivity contribution in [3.63, 3.8) is 0 Å².